The summed E-state index contributed by atoms with van der Waals surface area (Å²) in [6.07, 6.45) is 0. The van der Waals surface area contributed by atoms with Crippen molar-refractivity contribution < 1.29 is 14.3 Å². The lowest BCUT2D eigenvalue weighted by atomic mass is 10.0. The van der Waals surface area contributed by atoms with Crippen LogP contribution in [0.4, 0.5) is 4.79 Å². The number of amides is 2. The minimum Gasteiger partial charge on any atom is -0.427 e. The van der Waals surface area contributed by atoms with Crippen molar-refractivity contribution in [3.8, 4) is 0 Å². The molecular formula is C13H14N2O3. The number of carbonyl (C=O) groups is 2. The van der Waals surface area contributed by atoms with E-state index in [0.717, 1.165) is 5.56 Å². The van der Waals surface area contributed by atoms with Gasteiger partial charge in [0.05, 0.1) is 5.70 Å². The van der Waals surface area contributed by atoms with E-state index in [9.17, 15) is 9.59 Å². The van der Waals surface area contributed by atoms with Crippen molar-refractivity contribution in [2.24, 2.45) is 0 Å². The van der Waals surface area contributed by atoms with Crippen LogP contribution in [0.25, 0.3) is 0 Å². The normalized spacial score (nSPS) is 19.0. The number of allylic oxidation sites excluding steroid dienone is 1. The highest BCUT2D eigenvalue weighted by Gasteiger charge is 2.28. The van der Waals surface area contributed by atoms with E-state index in [4.69, 9.17) is 4.74 Å². The van der Waals surface area contributed by atoms with Crippen LogP contribution in [0.2, 0.25) is 0 Å². The molecule has 1 unspecified atom stereocenters. The van der Waals surface area contributed by atoms with Crippen molar-refractivity contribution in [1.82, 2.24) is 10.6 Å². The summed E-state index contributed by atoms with van der Waals surface area (Å²) in [7, 11) is 0. The Labute approximate surface area is 105 Å². The van der Waals surface area contributed by atoms with Crippen molar-refractivity contribution in [2.75, 3.05) is 0 Å². The van der Waals surface area contributed by atoms with Gasteiger partial charge in [-0.3, -0.25) is 4.79 Å². The number of rotatable bonds is 2. The Bertz CT molecular complexity index is 508. The number of nitrogens with one attached hydrogen (secondary N) is 2. The third-order valence-electron chi connectivity index (χ3n) is 2.59. The van der Waals surface area contributed by atoms with E-state index in [2.05, 4.69) is 10.6 Å². The van der Waals surface area contributed by atoms with Crippen LogP contribution in [-0.4, -0.2) is 12.0 Å². The van der Waals surface area contributed by atoms with Gasteiger partial charge in [-0.15, -0.1) is 0 Å². The summed E-state index contributed by atoms with van der Waals surface area (Å²) in [5, 5.41) is 5.32. The van der Waals surface area contributed by atoms with Gasteiger partial charge in [-0.1, -0.05) is 30.3 Å². The average Bonchev–Trinajstić information content (AvgIpc) is 2.33. The largest absolute Gasteiger partial charge is 0.427 e. The quantitative estimate of drug-likeness (QED) is 0.782. The molecule has 5 heteroatoms. The molecule has 94 valence electrons. The van der Waals surface area contributed by atoms with Crippen molar-refractivity contribution in [3.05, 3.63) is 47.4 Å². The van der Waals surface area contributed by atoms with Crippen LogP contribution >= 0.6 is 0 Å². The minimum atomic E-state index is -0.441. The first-order valence-electron chi connectivity index (χ1n) is 5.59. The van der Waals surface area contributed by atoms with Crippen molar-refractivity contribution in [1.29, 1.82) is 0 Å². The average molecular weight is 246 g/mol. The van der Waals surface area contributed by atoms with Crippen LogP contribution in [0.3, 0.4) is 0 Å². The van der Waals surface area contributed by atoms with E-state index in [1.807, 2.05) is 30.3 Å². The summed E-state index contributed by atoms with van der Waals surface area (Å²) in [5.74, 6) is 0.0107. The molecule has 1 atom stereocenters. The molecule has 1 aliphatic heterocycles. The summed E-state index contributed by atoms with van der Waals surface area (Å²) in [5.41, 5.74) is 1.41. The molecule has 0 fully saturated rings. The molecular weight excluding hydrogens is 232 g/mol. The Kier molecular flexibility index (Phi) is 3.32. The monoisotopic (exact) mass is 246 g/mol. The van der Waals surface area contributed by atoms with Crippen molar-refractivity contribution >= 4 is 12.0 Å². The maximum Gasteiger partial charge on any atom is 0.319 e. The van der Waals surface area contributed by atoms with Crippen LogP contribution in [0.5, 0.6) is 0 Å². The van der Waals surface area contributed by atoms with Gasteiger partial charge in [0.15, 0.2) is 5.76 Å². The van der Waals surface area contributed by atoms with Crippen molar-refractivity contribution in [3.63, 3.8) is 0 Å². The number of hydrogen-bond acceptors (Lipinski definition) is 3. The van der Waals surface area contributed by atoms with E-state index >= 15 is 0 Å². The molecule has 1 aromatic rings. The van der Waals surface area contributed by atoms with E-state index < -0.39 is 12.0 Å². The van der Waals surface area contributed by atoms with E-state index in [1.54, 1.807) is 6.92 Å². The summed E-state index contributed by atoms with van der Waals surface area (Å²) in [6.45, 7) is 3.03. The van der Waals surface area contributed by atoms with Crippen molar-refractivity contribution in [2.45, 2.75) is 19.9 Å². The molecule has 5 nitrogen and oxygen atoms in total. The molecule has 0 radical (unpaired) electrons. The topological polar surface area (TPSA) is 67.4 Å². The molecule has 0 aromatic heterocycles. The highest BCUT2D eigenvalue weighted by atomic mass is 16.5. The molecule has 1 aromatic carbocycles. The Hall–Kier alpha value is -2.30. The van der Waals surface area contributed by atoms with E-state index in [-0.39, 0.29) is 6.03 Å². The molecule has 0 aliphatic carbocycles. The molecule has 18 heavy (non-hydrogen) atoms. The highest BCUT2D eigenvalue weighted by Crippen LogP contribution is 2.27. The van der Waals surface area contributed by atoms with Crippen LogP contribution < -0.4 is 10.6 Å². The van der Waals surface area contributed by atoms with Gasteiger partial charge >= 0.3 is 12.0 Å². The zero-order valence-corrected chi connectivity index (χ0v) is 10.2. The molecule has 0 spiro atoms. The van der Waals surface area contributed by atoms with Crippen LogP contribution in [0.15, 0.2) is 41.8 Å². The predicted molar refractivity (Wildman–Crippen MR) is 65.3 cm³/mol. The fourth-order valence-corrected chi connectivity index (χ4v) is 1.85. The summed E-state index contributed by atoms with van der Waals surface area (Å²) < 4.78 is 5.18. The van der Waals surface area contributed by atoms with Gasteiger partial charge in [-0.05, 0) is 12.5 Å². The van der Waals surface area contributed by atoms with Gasteiger partial charge in [0, 0.05) is 6.92 Å². The van der Waals surface area contributed by atoms with Gasteiger partial charge in [0.1, 0.15) is 6.04 Å². The zero-order valence-electron chi connectivity index (χ0n) is 10.2. The highest BCUT2D eigenvalue weighted by molar-refractivity contribution is 5.79. The first kappa shape index (κ1) is 12.2. The van der Waals surface area contributed by atoms with E-state index in [0.29, 0.717) is 11.5 Å². The number of carbonyl (C=O) groups excluding carboxylic acids is 2. The maximum atomic E-state index is 11.5. The lowest BCUT2D eigenvalue weighted by Crippen LogP contribution is -2.44. The van der Waals surface area contributed by atoms with Gasteiger partial charge in [0.2, 0.25) is 0 Å². The molecule has 0 saturated heterocycles. The lowest BCUT2D eigenvalue weighted by Gasteiger charge is -2.28. The van der Waals surface area contributed by atoms with Crippen LogP contribution in [0.1, 0.15) is 25.5 Å². The Morgan fingerprint density at radius 3 is 2.56 bits per heavy atom. The van der Waals surface area contributed by atoms with Gasteiger partial charge in [-0.2, -0.15) is 0 Å². The second kappa shape index (κ2) is 4.91. The minimum absolute atomic E-state index is 0.308. The SMILES string of the molecule is CC(=O)OC1=C(C)NC(=O)NC1c1ccccc1. The maximum absolute atomic E-state index is 11.5. The number of ether oxygens (including phenoxy) is 1. The van der Waals surface area contributed by atoms with Gasteiger partial charge < -0.3 is 15.4 Å². The molecule has 0 bridgehead atoms. The fourth-order valence-electron chi connectivity index (χ4n) is 1.85. The number of esters is 1. The summed E-state index contributed by atoms with van der Waals surface area (Å²) >= 11 is 0. The van der Waals surface area contributed by atoms with Gasteiger partial charge in [0.25, 0.3) is 0 Å². The molecule has 2 rings (SSSR count). The number of hydrogen-bond donors (Lipinski definition) is 2. The molecule has 2 amide bonds. The van der Waals surface area contributed by atoms with Gasteiger partial charge in [-0.25, -0.2) is 4.79 Å². The molecule has 1 heterocycles. The third-order valence-corrected chi connectivity index (χ3v) is 2.59. The van der Waals surface area contributed by atoms with Crippen LogP contribution in [-0.2, 0) is 9.53 Å². The number of urea groups is 1. The third kappa shape index (κ3) is 2.51. The second-order valence-corrected chi connectivity index (χ2v) is 4.03. The molecule has 1 aliphatic rings. The zero-order chi connectivity index (χ0) is 13.1. The standard InChI is InChI=1S/C13H14N2O3/c1-8-12(18-9(2)16)11(15-13(17)14-8)10-6-4-3-5-7-10/h3-7,11H,1-2H3,(H2,14,15,17). The Morgan fingerprint density at radius 1 is 1.28 bits per heavy atom. The first-order valence-corrected chi connectivity index (χ1v) is 5.59. The smallest absolute Gasteiger partial charge is 0.319 e. The predicted octanol–water partition coefficient (Wildman–Crippen LogP) is 1.84. The Balaban J connectivity index is 2.39. The van der Waals surface area contributed by atoms with Crippen LogP contribution in [0, 0.1) is 0 Å². The first-order chi connectivity index (χ1) is 8.58. The second-order valence-electron chi connectivity index (χ2n) is 4.03. The van der Waals surface area contributed by atoms with E-state index in [1.165, 1.54) is 6.92 Å². The molecule has 0 saturated carbocycles. The fraction of sp³-hybridized carbons (Fsp3) is 0.231. The Morgan fingerprint density at radius 2 is 1.94 bits per heavy atom. The lowest BCUT2D eigenvalue weighted by molar-refractivity contribution is -0.137. The molecule has 2 N–H and O–H groups in total. The summed E-state index contributed by atoms with van der Waals surface area (Å²) in [6, 6.07) is 8.60. The summed E-state index contributed by atoms with van der Waals surface area (Å²) in [4.78, 5) is 22.6. The number of benzene rings is 1.